The van der Waals surface area contributed by atoms with E-state index < -0.39 is 0 Å². The third kappa shape index (κ3) is 5.52. The van der Waals surface area contributed by atoms with E-state index in [9.17, 15) is 4.79 Å². The quantitative estimate of drug-likeness (QED) is 0.517. The summed E-state index contributed by atoms with van der Waals surface area (Å²) < 4.78 is 0. The van der Waals surface area contributed by atoms with Crippen LogP contribution in [0.2, 0.25) is 5.02 Å². The first kappa shape index (κ1) is 21.1. The van der Waals surface area contributed by atoms with Gasteiger partial charge < -0.3 is 15.5 Å². The molecule has 2 heterocycles. The summed E-state index contributed by atoms with van der Waals surface area (Å²) in [6, 6.07) is 16.7. The number of amides is 2. The molecule has 0 saturated carbocycles. The second kappa shape index (κ2) is 9.79. The lowest BCUT2D eigenvalue weighted by molar-refractivity contribution is 0.262. The summed E-state index contributed by atoms with van der Waals surface area (Å²) in [5.74, 6) is 0.941. The second-order valence-corrected chi connectivity index (χ2v) is 8.21. The highest BCUT2D eigenvalue weighted by Gasteiger charge is 2.12. The predicted molar refractivity (Wildman–Crippen MR) is 127 cm³/mol. The molecule has 1 fully saturated rings. The second-order valence-electron chi connectivity index (χ2n) is 7.80. The molecule has 0 spiro atoms. The predicted octanol–water partition coefficient (Wildman–Crippen LogP) is 6.13. The number of urea groups is 1. The van der Waals surface area contributed by atoms with Gasteiger partial charge in [0.05, 0.1) is 5.69 Å². The van der Waals surface area contributed by atoms with Crippen LogP contribution >= 0.6 is 11.6 Å². The summed E-state index contributed by atoms with van der Waals surface area (Å²) in [6.07, 6.45) is 5.00. The summed E-state index contributed by atoms with van der Waals surface area (Å²) in [4.78, 5) is 14.6. The summed E-state index contributed by atoms with van der Waals surface area (Å²) >= 11 is 6.11. The molecule has 1 saturated heterocycles. The van der Waals surface area contributed by atoms with E-state index in [1.807, 2.05) is 55.5 Å². The molecular weight excluding hydrogens is 410 g/mol. The van der Waals surface area contributed by atoms with Crippen molar-refractivity contribution < 1.29 is 4.79 Å². The number of carbonyl (C=O) groups is 1. The van der Waals surface area contributed by atoms with Gasteiger partial charge in [0, 0.05) is 35.1 Å². The van der Waals surface area contributed by atoms with Crippen molar-refractivity contribution in [2.45, 2.75) is 32.6 Å². The van der Waals surface area contributed by atoms with Crippen LogP contribution in [0, 0.1) is 6.92 Å². The minimum atomic E-state index is -0.325. The van der Waals surface area contributed by atoms with Crippen molar-refractivity contribution in [1.82, 2.24) is 10.2 Å². The van der Waals surface area contributed by atoms with Gasteiger partial charge in [0.1, 0.15) is 0 Å². The number of rotatable bonds is 4. The summed E-state index contributed by atoms with van der Waals surface area (Å²) in [5.41, 5.74) is 4.05. The van der Waals surface area contributed by atoms with Crippen LogP contribution < -0.4 is 15.5 Å². The maximum absolute atomic E-state index is 12.3. The topological polar surface area (TPSA) is 70.2 Å². The van der Waals surface area contributed by atoms with Crippen molar-refractivity contribution in [3.63, 3.8) is 0 Å². The largest absolute Gasteiger partial charge is 0.355 e. The molecule has 0 bridgehead atoms. The summed E-state index contributed by atoms with van der Waals surface area (Å²) in [5, 5.41) is 15.1. The standard InChI is InChI=1S/C24H26ClN5O/c1-17-6-9-20(16-21(17)25)27-24(31)26-19-10-7-18(8-11-19)22-12-13-23(29-28-22)30-14-4-2-3-5-15-30/h6-13,16H,2-5,14-15H2,1H3,(H2,26,27,31). The van der Waals surface area contributed by atoms with Crippen molar-refractivity contribution in [3.8, 4) is 11.3 Å². The number of anilines is 3. The molecule has 0 aliphatic carbocycles. The van der Waals surface area contributed by atoms with Gasteiger partial charge in [0.15, 0.2) is 5.82 Å². The zero-order valence-corrected chi connectivity index (χ0v) is 18.3. The highest BCUT2D eigenvalue weighted by Crippen LogP contribution is 2.23. The van der Waals surface area contributed by atoms with E-state index in [0.717, 1.165) is 35.7 Å². The summed E-state index contributed by atoms with van der Waals surface area (Å²) in [7, 11) is 0. The van der Waals surface area contributed by atoms with Gasteiger partial charge in [-0.05, 0) is 61.7 Å². The fourth-order valence-corrected chi connectivity index (χ4v) is 3.82. The van der Waals surface area contributed by atoms with Crippen LogP contribution in [0.3, 0.4) is 0 Å². The Hall–Kier alpha value is -3.12. The number of aromatic nitrogens is 2. The van der Waals surface area contributed by atoms with Crippen LogP contribution in [0.4, 0.5) is 22.0 Å². The Kier molecular flexibility index (Phi) is 6.67. The van der Waals surface area contributed by atoms with Crippen LogP contribution in [0.1, 0.15) is 31.2 Å². The summed E-state index contributed by atoms with van der Waals surface area (Å²) in [6.45, 7) is 4.01. The molecule has 0 radical (unpaired) electrons. The first-order valence-electron chi connectivity index (χ1n) is 10.6. The third-order valence-corrected chi connectivity index (χ3v) is 5.86. The molecule has 0 atom stereocenters. The zero-order chi connectivity index (χ0) is 21.6. The minimum absolute atomic E-state index is 0.325. The molecule has 0 unspecified atom stereocenters. The number of nitrogens with zero attached hydrogens (tertiary/aromatic N) is 3. The number of carbonyl (C=O) groups excluding carboxylic acids is 1. The van der Waals surface area contributed by atoms with Crippen molar-refractivity contribution >= 4 is 34.8 Å². The maximum Gasteiger partial charge on any atom is 0.323 e. The zero-order valence-electron chi connectivity index (χ0n) is 17.6. The lowest BCUT2D eigenvalue weighted by atomic mass is 10.1. The molecule has 2 aromatic carbocycles. The fraction of sp³-hybridized carbons (Fsp3) is 0.292. The average molecular weight is 436 g/mol. The Balaban J connectivity index is 1.37. The van der Waals surface area contributed by atoms with Gasteiger partial charge in [-0.15, -0.1) is 10.2 Å². The van der Waals surface area contributed by atoms with Crippen molar-refractivity contribution in [2.24, 2.45) is 0 Å². The minimum Gasteiger partial charge on any atom is -0.355 e. The molecule has 1 aliphatic rings. The number of hydrogen-bond acceptors (Lipinski definition) is 4. The number of hydrogen-bond donors (Lipinski definition) is 2. The normalized spacial score (nSPS) is 14.1. The van der Waals surface area contributed by atoms with Crippen LogP contribution in [0.25, 0.3) is 11.3 Å². The molecule has 4 rings (SSSR count). The Morgan fingerprint density at radius 2 is 1.55 bits per heavy atom. The van der Waals surface area contributed by atoms with E-state index in [4.69, 9.17) is 11.6 Å². The highest BCUT2D eigenvalue weighted by molar-refractivity contribution is 6.31. The Morgan fingerprint density at radius 1 is 0.871 bits per heavy atom. The molecule has 2 amide bonds. The molecule has 3 aromatic rings. The SMILES string of the molecule is Cc1ccc(NC(=O)Nc2ccc(-c3ccc(N4CCCCCC4)nn3)cc2)cc1Cl. The van der Waals surface area contributed by atoms with E-state index in [-0.39, 0.29) is 6.03 Å². The Bertz CT molecular complexity index is 1030. The first-order valence-corrected chi connectivity index (χ1v) is 11.0. The van der Waals surface area contributed by atoms with E-state index in [2.05, 4.69) is 25.7 Å². The van der Waals surface area contributed by atoms with E-state index >= 15 is 0 Å². The Labute approximate surface area is 187 Å². The van der Waals surface area contributed by atoms with Gasteiger partial charge in [-0.3, -0.25) is 0 Å². The monoisotopic (exact) mass is 435 g/mol. The van der Waals surface area contributed by atoms with Crippen LogP contribution in [-0.4, -0.2) is 29.3 Å². The average Bonchev–Trinajstić information content (AvgIpc) is 3.07. The molecular formula is C24H26ClN5O. The van der Waals surface area contributed by atoms with Gasteiger partial charge in [-0.25, -0.2) is 4.79 Å². The number of nitrogens with one attached hydrogen (secondary N) is 2. The number of aryl methyl sites for hydroxylation is 1. The molecule has 2 N–H and O–H groups in total. The van der Waals surface area contributed by atoms with Gasteiger partial charge in [0.25, 0.3) is 0 Å². The third-order valence-electron chi connectivity index (χ3n) is 5.45. The van der Waals surface area contributed by atoms with Crippen molar-refractivity contribution in [2.75, 3.05) is 28.6 Å². The van der Waals surface area contributed by atoms with E-state index in [1.54, 1.807) is 6.07 Å². The van der Waals surface area contributed by atoms with E-state index in [0.29, 0.717) is 16.4 Å². The first-order chi connectivity index (χ1) is 15.1. The van der Waals surface area contributed by atoms with Crippen molar-refractivity contribution in [1.29, 1.82) is 0 Å². The van der Waals surface area contributed by atoms with Gasteiger partial charge in [-0.2, -0.15) is 0 Å². The van der Waals surface area contributed by atoms with Gasteiger partial charge in [-0.1, -0.05) is 42.6 Å². The van der Waals surface area contributed by atoms with Gasteiger partial charge in [0.2, 0.25) is 0 Å². The fourth-order valence-electron chi connectivity index (χ4n) is 3.64. The number of benzene rings is 2. The molecule has 1 aromatic heterocycles. The molecule has 160 valence electrons. The van der Waals surface area contributed by atoms with Crippen molar-refractivity contribution in [3.05, 3.63) is 65.2 Å². The maximum atomic E-state index is 12.3. The molecule has 31 heavy (non-hydrogen) atoms. The lowest BCUT2D eigenvalue weighted by Gasteiger charge is -2.20. The van der Waals surface area contributed by atoms with Crippen LogP contribution in [-0.2, 0) is 0 Å². The lowest BCUT2D eigenvalue weighted by Crippen LogP contribution is -2.25. The van der Waals surface area contributed by atoms with E-state index in [1.165, 1.54) is 25.7 Å². The molecule has 7 heteroatoms. The molecule has 6 nitrogen and oxygen atoms in total. The molecule has 1 aliphatic heterocycles. The smallest absolute Gasteiger partial charge is 0.323 e. The van der Waals surface area contributed by atoms with Crippen LogP contribution in [0.15, 0.2) is 54.6 Å². The Morgan fingerprint density at radius 3 is 2.19 bits per heavy atom. The van der Waals surface area contributed by atoms with Gasteiger partial charge >= 0.3 is 6.03 Å². The van der Waals surface area contributed by atoms with Crippen LogP contribution in [0.5, 0.6) is 0 Å². The highest BCUT2D eigenvalue weighted by atomic mass is 35.5. The number of halogens is 1.